The molecule has 0 radical (unpaired) electrons. The lowest BCUT2D eigenvalue weighted by atomic mass is 10.1. The molecule has 90 valence electrons. The lowest BCUT2D eigenvalue weighted by Crippen LogP contribution is -2.29. The molecule has 4 nitrogen and oxygen atoms in total. The van der Waals surface area contributed by atoms with Gasteiger partial charge in [0.25, 0.3) is 0 Å². The number of aromatic nitrogens is 1. The minimum absolute atomic E-state index is 0.473. The van der Waals surface area contributed by atoms with E-state index >= 15 is 0 Å². The van der Waals surface area contributed by atoms with Gasteiger partial charge in [0.2, 0.25) is 0 Å². The van der Waals surface area contributed by atoms with Crippen molar-refractivity contribution < 1.29 is 5.11 Å². The number of nitrogens with two attached hydrogens (primary N) is 1. The van der Waals surface area contributed by atoms with Gasteiger partial charge in [-0.05, 0) is 26.0 Å². The van der Waals surface area contributed by atoms with Crippen LogP contribution in [0.25, 0.3) is 10.9 Å². The first kappa shape index (κ1) is 11.7. The number of nitrogen functional groups attached to an aromatic ring is 1. The minimum Gasteiger partial charge on any atom is -0.397 e. The van der Waals surface area contributed by atoms with Crippen molar-refractivity contribution in [2.45, 2.75) is 19.4 Å². The van der Waals surface area contributed by atoms with E-state index in [0.717, 1.165) is 16.6 Å². The molecular formula is C13H17N3O. The van der Waals surface area contributed by atoms with Crippen LogP contribution in [-0.2, 0) is 0 Å². The molecular weight excluding hydrogens is 214 g/mol. The molecule has 0 amide bonds. The van der Waals surface area contributed by atoms with Gasteiger partial charge in [-0.2, -0.15) is 0 Å². The number of para-hydroxylation sites is 1. The summed E-state index contributed by atoms with van der Waals surface area (Å²) >= 11 is 0. The van der Waals surface area contributed by atoms with Crippen molar-refractivity contribution in [3.05, 3.63) is 30.5 Å². The van der Waals surface area contributed by atoms with Crippen molar-refractivity contribution in [1.82, 2.24) is 4.98 Å². The highest BCUT2D eigenvalue weighted by molar-refractivity contribution is 5.97. The van der Waals surface area contributed by atoms with E-state index in [4.69, 9.17) is 5.73 Å². The van der Waals surface area contributed by atoms with Gasteiger partial charge in [0.1, 0.15) is 0 Å². The fraction of sp³-hybridized carbons (Fsp3) is 0.308. The predicted molar refractivity (Wildman–Crippen MR) is 70.9 cm³/mol. The van der Waals surface area contributed by atoms with Gasteiger partial charge in [0.05, 0.1) is 16.8 Å². The van der Waals surface area contributed by atoms with Crippen molar-refractivity contribution in [2.24, 2.45) is 0 Å². The second-order valence-corrected chi connectivity index (χ2v) is 4.77. The lowest BCUT2D eigenvalue weighted by molar-refractivity contribution is 0.0945. The largest absolute Gasteiger partial charge is 0.397 e. The van der Waals surface area contributed by atoms with Crippen LogP contribution in [-0.4, -0.2) is 22.2 Å². The summed E-state index contributed by atoms with van der Waals surface area (Å²) in [5.41, 5.74) is 7.49. The van der Waals surface area contributed by atoms with Crippen LogP contribution in [0.1, 0.15) is 13.8 Å². The molecule has 0 saturated heterocycles. The summed E-state index contributed by atoms with van der Waals surface area (Å²) in [7, 11) is 0. The van der Waals surface area contributed by atoms with Crippen molar-refractivity contribution >= 4 is 22.3 Å². The number of rotatable bonds is 3. The average Bonchev–Trinajstić information content (AvgIpc) is 2.26. The zero-order valence-electron chi connectivity index (χ0n) is 10.1. The van der Waals surface area contributed by atoms with Gasteiger partial charge in [-0.15, -0.1) is 0 Å². The summed E-state index contributed by atoms with van der Waals surface area (Å²) in [6.45, 7) is 4.00. The molecule has 0 fully saturated rings. The van der Waals surface area contributed by atoms with Crippen molar-refractivity contribution in [1.29, 1.82) is 0 Å². The average molecular weight is 231 g/mol. The maximum atomic E-state index is 9.70. The zero-order valence-corrected chi connectivity index (χ0v) is 10.1. The Bertz CT molecular complexity index is 532. The molecule has 4 N–H and O–H groups in total. The molecule has 0 atom stereocenters. The summed E-state index contributed by atoms with van der Waals surface area (Å²) in [6.07, 6.45) is 1.71. The molecule has 2 aromatic rings. The number of hydrogen-bond donors (Lipinski definition) is 3. The van der Waals surface area contributed by atoms with Crippen LogP contribution in [0.2, 0.25) is 0 Å². The standard InChI is InChI=1S/C13H17N3O/c1-13(2,17)8-16-11-6-7-15-12-9(11)4-3-5-10(12)14/h3-7,17H,8,14H2,1-2H3,(H,15,16). The van der Waals surface area contributed by atoms with Crippen LogP contribution >= 0.6 is 0 Å². The molecule has 0 spiro atoms. The number of nitrogens with one attached hydrogen (secondary N) is 1. The maximum Gasteiger partial charge on any atom is 0.0951 e. The first-order valence-corrected chi connectivity index (χ1v) is 5.57. The number of aliphatic hydroxyl groups is 1. The molecule has 1 aromatic carbocycles. The first-order valence-electron chi connectivity index (χ1n) is 5.57. The van der Waals surface area contributed by atoms with Crippen LogP contribution in [0.15, 0.2) is 30.5 Å². The normalized spacial score (nSPS) is 11.7. The lowest BCUT2D eigenvalue weighted by Gasteiger charge is -2.19. The minimum atomic E-state index is -0.754. The second-order valence-electron chi connectivity index (χ2n) is 4.77. The van der Waals surface area contributed by atoms with Gasteiger partial charge in [-0.25, -0.2) is 0 Å². The topological polar surface area (TPSA) is 71.2 Å². The fourth-order valence-electron chi connectivity index (χ4n) is 1.66. The monoisotopic (exact) mass is 231 g/mol. The first-order chi connectivity index (χ1) is 7.97. The number of anilines is 2. The Hall–Kier alpha value is -1.81. The van der Waals surface area contributed by atoms with E-state index in [-0.39, 0.29) is 0 Å². The van der Waals surface area contributed by atoms with Gasteiger partial charge in [0, 0.05) is 23.8 Å². The van der Waals surface area contributed by atoms with Crippen LogP contribution in [0, 0.1) is 0 Å². The van der Waals surface area contributed by atoms with E-state index in [9.17, 15) is 5.11 Å². The van der Waals surface area contributed by atoms with Crippen LogP contribution in [0.4, 0.5) is 11.4 Å². The maximum absolute atomic E-state index is 9.70. The van der Waals surface area contributed by atoms with E-state index < -0.39 is 5.60 Å². The second kappa shape index (κ2) is 4.22. The highest BCUT2D eigenvalue weighted by Gasteiger charge is 2.12. The van der Waals surface area contributed by atoms with Gasteiger partial charge < -0.3 is 16.2 Å². The molecule has 0 unspecified atom stereocenters. The summed E-state index contributed by atoms with van der Waals surface area (Å²) in [4.78, 5) is 4.26. The van der Waals surface area contributed by atoms with Gasteiger partial charge in [0.15, 0.2) is 0 Å². The zero-order chi connectivity index (χ0) is 12.5. The summed E-state index contributed by atoms with van der Waals surface area (Å²) in [6, 6.07) is 7.57. The van der Waals surface area contributed by atoms with E-state index in [1.165, 1.54) is 0 Å². The van der Waals surface area contributed by atoms with Crippen LogP contribution in [0.5, 0.6) is 0 Å². The summed E-state index contributed by atoms with van der Waals surface area (Å²) in [5.74, 6) is 0. The number of hydrogen-bond acceptors (Lipinski definition) is 4. The number of pyridine rings is 1. The Morgan fingerprint density at radius 3 is 2.82 bits per heavy atom. The number of benzene rings is 1. The third kappa shape index (κ3) is 2.65. The molecule has 2 rings (SSSR count). The molecule has 0 bridgehead atoms. The SMILES string of the molecule is CC(C)(O)CNc1ccnc2c(N)cccc12. The number of nitrogens with zero attached hydrogens (tertiary/aromatic N) is 1. The molecule has 1 heterocycles. The van der Waals surface area contributed by atoms with Gasteiger partial charge in [-0.1, -0.05) is 12.1 Å². The molecule has 0 aliphatic heterocycles. The molecule has 0 aliphatic carbocycles. The Morgan fingerprint density at radius 1 is 1.35 bits per heavy atom. The van der Waals surface area contributed by atoms with E-state index in [2.05, 4.69) is 10.3 Å². The Kier molecular flexibility index (Phi) is 2.90. The molecule has 1 aromatic heterocycles. The Labute approximate surface area is 100 Å². The predicted octanol–water partition coefficient (Wildman–Crippen LogP) is 2.00. The van der Waals surface area contributed by atoms with Gasteiger partial charge >= 0.3 is 0 Å². The van der Waals surface area contributed by atoms with Crippen LogP contribution < -0.4 is 11.1 Å². The quantitative estimate of drug-likeness (QED) is 0.706. The fourth-order valence-corrected chi connectivity index (χ4v) is 1.66. The smallest absolute Gasteiger partial charge is 0.0951 e. The third-order valence-corrected chi connectivity index (χ3v) is 2.51. The highest BCUT2D eigenvalue weighted by atomic mass is 16.3. The number of fused-ring (bicyclic) bond motifs is 1. The van der Waals surface area contributed by atoms with Crippen molar-refractivity contribution in [3.8, 4) is 0 Å². The third-order valence-electron chi connectivity index (χ3n) is 2.51. The van der Waals surface area contributed by atoms with E-state index in [0.29, 0.717) is 12.2 Å². The molecule has 0 saturated carbocycles. The van der Waals surface area contributed by atoms with Crippen molar-refractivity contribution in [3.63, 3.8) is 0 Å². The van der Waals surface area contributed by atoms with Crippen LogP contribution in [0.3, 0.4) is 0 Å². The van der Waals surface area contributed by atoms with E-state index in [1.54, 1.807) is 20.0 Å². The molecule has 0 aliphatic rings. The highest BCUT2D eigenvalue weighted by Crippen LogP contribution is 2.25. The van der Waals surface area contributed by atoms with E-state index in [1.807, 2.05) is 24.3 Å². The van der Waals surface area contributed by atoms with Crippen molar-refractivity contribution in [2.75, 3.05) is 17.6 Å². The summed E-state index contributed by atoms with van der Waals surface area (Å²) < 4.78 is 0. The Morgan fingerprint density at radius 2 is 2.12 bits per heavy atom. The Balaban J connectivity index is 2.38. The van der Waals surface area contributed by atoms with Gasteiger partial charge in [-0.3, -0.25) is 4.98 Å². The summed E-state index contributed by atoms with van der Waals surface area (Å²) in [5, 5.41) is 13.9. The molecule has 17 heavy (non-hydrogen) atoms. The molecule has 4 heteroatoms.